The number of nitrogens with one attached hydrogen (secondary N) is 1. The van der Waals surface area contributed by atoms with Gasteiger partial charge in [-0.25, -0.2) is 4.79 Å². The number of carbonyl (C=O) groups excluding carboxylic acids is 2. The van der Waals surface area contributed by atoms with Crippen LogP contribution in [-0.4, -0.2) is 31.2 Å². The van der Waals surface area contributed by atoms with Crippen molar-refractivity contribution in [2.24, 2.45) is 0 Å². The molecule has 0 heterocycles. The van der Waals surface area contributed by atoms with Gasteiger partial charge in [-0.3, -0.25) is 4.79 Å². The average molecular weight is 366 g/mol. The van der Waals surface area contributed by atoms with Crippen LogP contribution in [0.1, 0.15) is 5.56 Å². The van der Waals surface area contributed by atoms with Gasteiger partial charge >= 0.3 is 12.1 Å². The van der Waals surface area contributed by atoms with Gasteiger partial charge in [-0.2, -0.15) is 13.2 Å². The molecule has 0 bridgehead atoms. The minimum Gasteiger partial charge on any atom is -0.452 e. The molecule has 1 rings (SSSR count). The molecule has 1 N–H and O–H groups in total. The van der Waals surface area contributed by atoms with E-state index in [1.807, 2.05) is 0 Å². The Balaban J connectivity index is 2.36. The van der Waals surface area contributed by atoms with Crippen LogP contribution >= 0.6 is 15.9 Å². The number of esters is 1. The molecule has 0 aliphatic carbocycles. The number of ether oxygens (including phenoxy) is 1. The van der Waals surface area contributed by atoms with Crippen molar-refractivity contribution in [2.75, 3.05) is 13.2 Å². The summed E-state index contributed by atoms with van der Waals surface area (Å²) >= 11 is 3.26. The van der Waals surface area contributed by atoms with Crippen molar-refractivity contribution in [3.05, 3.63) is 40.4 Å². The summed E-state index contributed by atoms with van der Waals surface area (Å²) in [6, 6.07) is 7.06. The number of amides is 1. The zero-order valence-corrected chi connectivity index (χ0v) is 12.2. The van der Waals surface area contributed by atoms with E-state index in [2.05, 4.69) is 20.7 Å². The lowest BCUT2D eigenvalue weighted by atomic mass is 10.2. The Morgan fingerprint density at radius 2 is 2.05 bits per heavy atom. The van der Waals surface area contributed by atoms with Crippen LogP contribution in [0.15, 0.2) is 34.8 Å². The highest BCUT2D eigenvalue weighted by molar-refractivity contribution is 9.10. The van der Waals surface area contributed by atoms with E-state index in [0.717, 1.165) is 16.1 Å². The molecule has 0 saturated heterocycles. The van der Waals surface area contributed by atoms with Crippen molar-refractivity contribution < 1.29 is 27.5 Å². The summed E-state index contributed by atoms with van der Waals surface area (Å²) in [6.45, 7) is -2.23. The molecule has 0 spiro atoms. The maximum Gasteiger partial charge on any atom is 0.405 e. The molecule has 1 amide bonds. The van der Waals surface area contributed by atoms with Crippen LogP contribution in [0.25, 0.3) is 6.08 Å². The lowest BCUT2D eigenvalue weighted by Crippen LogP contribution is -2.36. The monoisotopic (exact) mass is 365 g/mol. The Bertz CT molecular complexity index is 544. The van der Waals surface area contributed by atoms with Gasteiger partial charge in [0.05, 0.1) is 0 Å². The quantitative estimate of drug-likeness (QED) is 0.644. The molecular weight excluding hydrogens is 355 g/mol. The second kappa shape index (κ2) is 7.82. The Hall–Kier alpha value is -1.83. The Morgan fingerprint density at radius 1 is 1.33 bits per heavy atom. The van der Waals surface area contributed by atoms with Gasteiger partial charge in [0.1, 0.15) is 6.54 Å². The molecule has 0 aliphatic rings. The fourth-order valence-electron chi connectivity index (χ4n) is 1.21. The van der Waals surface area contributed by atoms with Crippen molar-refractivity contribution in [2.45, 2.75) is 6.18 Å². The number of benzene rings is 1. The molecule has 0 aromatic heterocycles. The molecule has 114 valence electrons. The fraction of sp³-hybridized carbons (Fsp3) is 0.231. The predicted octanol–water partition coefficient (Wildman–Crippen LogP) is 2.68. The third-order valence-corrected chi connectivity index (χ3v) is 2.59. The lowest BCUT2D eigenvalue weighted by molar-refractivity contribution is -0.148. The summed E-state index contributed by atoms with van der Waals surface area (Å²) in [5.74, 6) is -1.84. The van der Waals surface area contributed by atoms with Gasteiger partial charge in [0, 0.05) is 10.5 Å². The standard InChI is InChI=1S/C13H11BrF3NO3/c14-10-3-1-2-9(6-10)4-5-12(20)21-7-11(19)18-8-13(15,16)17/h1-6H,7-8H2,(H,18,19). The number of carbonyl (C=O) groups is 2. The first kappa shape index (κ1) is 17.2. The van der Waals surface area contributed by atoms with E-state index in [4.69, 9.17) is 0 Å². The van der Waals surface area contributed by atoms with Crippen molar-refractivity contribution >= 4 is 33.9 Å². The summed E-state index contributed by atoms with van der Waals surface area (Å²) in [6.07, 6.45) is -1.96. The molecular formula is C13H11BrF3NO3. The van der Waals surface area contributed by atoms with Crippen molar-refractivity contribution in [1.82, 2.24) is 5.32 Å². The summed E-state index contributed by atoms with van der Waals surface area (Å²) in [4.78, 5) is 22.3. The zero-order valence-electron chi connectivity index (χ0n) is 10.6. The summed E-state index contributed by atoms with van der Waals surface area (Å²) < 4.78 is 40.8. The predicted molar refractivity (Wildman–Crippen MR) is 73.2 cm³/mol. The summed E-state index contributed by atoms with van der Waals surface area (Å²) in [5, 5.41) is 1.59. The second-order valence-electron chi connectivity index (χ2n) is 3.89. The van der Waals surface area contributed by atoms with E-state index in [-0.39, 0.29) is 0 Å². The molecule has 0 fully saturated rings. The van der Waals surface area contributed by atoms with Crippen molar-refractivity contribution in [3.8, 4) is 0 Å². The number of hydrogen-bond donors (Lipinski definition) is 1. The van der Waals surface area contributed by atoms with E-state index >= 15 is 0 Å². The first-order chi connectivity index (χ1) is 9.76. The van der Waals surface area contributed by atoms with E-state index in [1.165, 1.54) is 6.08 Å². The Morgan fingerprint density at radius 3 is 2.67 bits per heavy atom. The molecule has 0 unspecified atom stereocenters. The van der Waals surface area contributed by atoms with Crippen LogP contribution in [0.3, 0.4) is 0 Å². The van der Waals surface area contributed by atoms with E-state index in [1.54, 1.807) is 29.6 Å². The van der Waals surface area contributed by atoms with Gasteiger partial charge in [0.2, 0.25) is 0 Å². The smallest absolute Gasteiger partial charge is 0.405 e. The van der Waals surface area contributed by atoms with Crippen LogP contribution in [0.4, 0.5) is 13.2 Å². The molecule has 4 nitrogen and oxygen atoms in total. The SMILES string of the molecule is O=C(COC(=O)C=Cc1cccc(Br)c1)NCC(F)(F)F. The second-order valence-corrected chi connectivity index (χ2v) is 4.80. The maximum atomic E-state index is 11.8. The van der Waals surface area contributed by atoms with E-state index < -0.39 is 31.2 Å². The molecule has 8 heteroatoms. The third-order valence-electron chi connectivity index (χ3n) is 2.09. The molecule has 21 heavy (non-hydrogen) atoms. The van der Waals surface area contributed by atoms with Gasteiger partial charge in [0.25, 0.3) is 5.91 Å². The van der Waals surface area contributed by atoms with Crippen LogP contribution in [0, 0.1) is 0 Å². The van der Waals surface area contributed by atoms with Crippen LogP contribution in [-0.2, 0) is 14.3 Å². The highest BCUT2D eigenvalue weighted by Crippen LogP contribution is 2.13. The summed E-state index contributed by atoms with van der Waals surface area (Å²) in [5.41, 5.74) is 0.725. The highest BCUT2D eigenvalue weighted by Gasteiger charge is 2.27. The number of hydrogen-bond acceptors (Lipinski definition) is 3. The fourth-order valence-corrected chi connectivity index (χ4v) is 1.63. The van der Waals surface area contributed by atoms with E-state index in [0.29, 0.717) is 0 Å². The minimum absolute atomic E-state index is 0.725. The Kier molecular flexibility index (Phi) is 6.41. The Labute approximate surface area is 127 Å². The third kappa shape index (κ3) is 8.13. The van der Waals surface area contributed by atoms with Gasteiger partial charge in [-0.1, -0.05) is 28.1 Å². The number of alkyl halides is 3. The number of halogens is 4. The molecule has 0 saturated carbocycles. The van der Waals surface area contributed by atoms with Gasteiger partial charge in [-0.05, 0) is 23.8 Å². The van der Waals surface area contributed by atoms with Gasteiger partial charge in [0.15, 0.2) is 6.61 Å². The lowest BCUT2D eigenvalue weighted by Gasteiger charge is -2.07. The molecule has 0 aliphatic heterocycles. The van der Waals surface area contributed by atoms with Crippen molar-refractivity contribution in [1.29, 1.82) is 0 Å². The highest BCUT2D eigenvalue weighted by atomic mass is 79.9. The van der Waals surface area contributed by atoms with Crippen LogP contribution in [0.2, 0.25) is 0 Å². The normalized spacial score (nSPS) is 11.4. The maximum absolute atomic E-state index is 11.8. The van der Waals surface area contributed by atoms with Crippen molar-refractivity contribution in [3.63, 3.8) is 0 Å². The first-order valence-corrected chi connectivity index (χ1v) is 6.49. The first-order valence-electron chi connectivity index (χ1n) is 5.70. The van der Waals surface area contributed by atoms with Gasteiger partial charge < -0.3 is 10.1 Å². The number of rotatable bonds is 5. The summed E-state index contributed by atoms with van der Waals surface area (Å²) in [7, 11) is 0. The minimum atomic E-state index is -4.50. The topological polar surface area (TPSA) is 55.4 Å². The average Bonchev–Trinajstić information content (AvgIpc) is 2.40. The molecule has 0 atom stereocenters. The van der Waals surface area contributed by atoms with Crippen LogP contribution in [0.5, 0.6) is 0 Å². The molecule has 1 aromatic rings. The molecule has 1 aromatic carbocycles. The largest absolute Gasteiger partial charge is 0.452 e. The van der Waals surface area contributed by atoms with E-state index in [9.17, 15) is 22.8 Å². The van der Waals surface area contributed by atoms with Crippen LogP contribution < -0.4 is 5.32 Å². The zero-order chi connectivity index (χ0) is 15.9. The van der Waals surface area contributed by atoms with Gasteiger partial charge in [-0.15, -0.1) is 0 Å². The molecule has 0 radical (unpaired) electrons.